The zero-order valence-corrected chi connectivity index (χ0v) is 31.4. The Morgan fingerprint density at radius 1 is 0.808 bits per heavy atom. The van der Waals surface area contributed by atoms with Gasteiger partial charge in [-0.1, -0.05) is 130 Å². The van der Waals surface area contributed by atoms with Gasteiger partial charge in [0.2, 0.25) is 0 Å². The van der Waals surface area contributed by atoms with Crippen molar-refractivity contribution < 1.29 is 14.0 Å². The molecule has 0 radical (unpaired) electrons. The first-order valence-electron chi connectivity index (χ1n) is 17.8. The van der Waals surface area contributed by atoms with Crippen LogP contribution in [0.4, 0.5) is 5.82 Å². The fourth-order valence-electron chi connectivity index (χ4n) is 6.73. The lowest BCUT2D eigenvalue weighted by Crippen LogP contribution is -2.54. The van der Waals surface area contributed by atoms with Crippen molar-refractivity contribution in [2.75, 3.05) is 11.9 Å². The predicted octanol–water partition coefficient (Wildman–Crippen LogP) is 8.34. The smallest absolute Gasteiger partial charge is 0.256 e. The Morgan fingerprint density at radius 3 is 1.88 bits per heavy atom. The molecular weight excluding hydrogens is 665 g/mol. The highest BCUT2D eigenvalue weighted by molar-refractivity contribution is 6.74. The molecule has 0 aliphatic carbocycles. The zero-order chi connectivity index (χ0) is 36.3. The molecule has 2 aromatic heterocycles. The average Bonchev–Trinajstić information content (AvgIpc) is 3.78. The van der Waals surface area contributed by atoms with Crippen molar-refractivity contribution in [3.05, 3.63) is 156 Å². The van der Waals surface area contributed by atoms with Crippen molar-refractivity contribution in [1.82, 2.24) is 24.8 Å². The van der Waals surface area contributed by atoms with E-state index in [1.807, 2.05) is 22.8 Å². The van der Waals surface area contributed by atoms with Crippen molar-refractivity contribution in [2.45, 2.75) is 69.2 Å². The molecule has 0 bridgehead atoms. The highest BCUT2D eigenvalue weighted by atomic mass is 28.4. The van der Waals surface area contributed by atoms with Crippen molar-refractivity contribution in [3.63, 3.8) is 0 Å². The molecule has 1 aliphatic rings. The maximum atomic E-state index is 13.1. The fourth-order valence-corrected chi connectivity index (χ4v) is 7.74. The molecule has 1 aliphatic heterocycles. The van der Waals surface area contributed by atoms with Gasteiger partial charge in [0.1, 0.15) is 12.6 Å². The molecule has 3 heterocycles. The van der Waals surface area contributed by atoms with Gasteiger partial charge >= 0.3 is 0 Å². The monoisotopic (exact) mass is 710 g/mol. The molecule has 266 valence electrons. The van der Waals surface area contributed by atoms with E-state index in [4.69, 9.17) is 14.1 Å². The first kappa shape index (κ1) is 35.4. The number of carbonyl (C=O) groups is 1. The summed E-state index contributed by atoms with van der Waals surface area (Å²) in [6, 6.07) is 40.7. The molecule has 3 atom stereocenters. The van der Waals surface area contributed by atoms with E-state index in [9.17, 15) is 4.79 Å². The number of fused-ring (bicyclic) bond motifs is 1. The van der Waals surface area contributed by atoms with Gasteiger partial charge < -0.3 is 14.5 Å². The van der Waals surface area contributed by atoms with Crippen molar-refractivity contribution in [2.24, 2.45) is 0 Å². The van der Waals surface area contributed by atoms with E-state index >= 15 is 0 Å². The number of nitrogens with one attached hydrogen (secondary N) is 2. The van der Waals surface area contributed by atoms with Gasteiger partial charge in [-0.2, -0.15) is 0 Å². The summed E-state index contributed by atoms with van der Waals surface area (Å²) >= 11 is 0. The molecule has 1 amide bonds. The Kier molecular flexibility index (Phi) is 9.91. The lowest BCUT2D eigenvalue weighted by molar-refractivity contribution is -0.0238. The van der Waals surface area contributed by atoms with Crippen LogP contribution in [-0.4, -0.2) is 52.5 Å². The number of ether oxygens (including phenoxy) is 1. The Bertz CT molecular complexity index is 2010. The number of hydrogen-bond acceptors (Lipinski definition) is 7. The third-order valence-corrected chi connectivity index (χ3v) is 15.1. The normalized spacial score (nSPS) is 18.1. The van der Waals surface area contributed by atoms with Gasteiger partial charge in [-0.05, 0) is 47.0 Å². The number of hydrogen-bond donors (Lipinski definition) is 2. The number of anilines is 1. The van der Waals surface area contributed by atoms with E-state index in [0.29, 0.717) is 35.6 Å². The van der Waals surface area contributed by atoms with Crippen LogP contribution in [0.2, 0.25) is 18.1 Å². The molecule has 4 aromatic carbocycles. The van der Waals surface area contributed by atoms with E-state index in [1.165, 1.54) is 6.33 Å². The summed E-state index contributed by atoms with van der Waals surface area (Å²) in [7, 11) is -2.12. The zero-order valence-electron chi connectivity index (χ0n) is 30.4. The van der Waals surface area contributed by atoms with Crippen LogP contribution in [0.5, 0.6) is 0 Å². The molecule has 1 saturated heterocycles. The van der Waals surface area contributed by atoms with Gasteiger partial charge in [-0.3, -0.25) is 14.7 Å². The number of nitrogens with zero attached hydrogens (tertiary/aromatic N) is 4. The summed E-state index contributed by atoms with van der Waals surface area (Å²) < 4.78 is 15.8. The number of carbonyl (C=O) groups excluding carboxylic acids is 1. The quantitative estimate of drug-likeness (QED) is 0.103. The van der Waals surface area contributed by atoms with Gasteiger partial charge in [0, 0.05) is 18.0 Å². The minimum Gasteiger partial charge on any atom is -0.414 e. The van der Waals surface area contributed by atoms with Crippen LogP contribution in [0.25, 0.3) is 11.2 Å². The van der Waals surface area contributed by atoms with Crippen LogP contribution in [0.1, 0.15) is 60.5 Å². The topological polar surface area (TPSA) is 103 Å². The summed E-state index contributed by atoms with van der Waals surface area (Å²) in [5, 5.41) is 7.15. The molecule has 7 rings (SSSR count). The molecule has 9 nitrogen and oxygen atoms in total. The molecular formula is C42H46N6O3Si. The molecule has 10 heteroatoms. The number of aromatic nitrogens is 4. The number of rotatable bonds is 11. The largest absolute Gasteiger partial charge is 0.414 e. The van der Waals surface area contributed by atoms with Crippen LogP contribution in [0.3, 0.4) is 0 Å². The van der Waals surface area contributed by atoms with E-state index in [0.717, 1.165) is 16.7 Å². The van der Waals surface area contributed by atoms with Crippen LogP contribution >= 0.6 is 0 Å². The molecule has 52 heavy (non-hydrogen) atoms. The molecule has 0 saturated carbocycles. The van der Waals surface area contributed by atoms with Gasteiger partial charge in [0.25, 0.3) is 5.91 Å². The average molecular weight is 711 g/mol. The van der Waals surface area contributed by atoms with Crippen LogP contribution in [0, 0.1) is 0 Å². The third kappa shape index (κ3) is 6.94. The lowest BCUT2D eigenvalue weighted by Gasteiger charge is -2.41. The Balaban J connectivity index is 1.28. The molecule has 1 fully saturated rings. The van der Waals surface area contributed by atoms with Crippen LogP contribution in [0.15, 0.2) is 134 Å². The van der Waals surface area contributed by atoms with Gasteiger partial charge in [0.05, 0.1) is 24.6 Å². The minimum absolute atomic E-state index is 0.0356. The number of amides is 1. The second-order valence-electron chi connectivity index (χ2n) is 14.9. The molecule has 0 spiro atoms. The Morgan fingerprint density at radius 2 is 1.35 bits per heavy atom. The van der Waals surface area contributed by atoms with Crippen LogP contribution in [-0.2, 0) is 14.7 Å². The van der Waals surface area contributed by atoms with E-state index in [2.05, 4.69) is 145 Å². The fraction of sp³-hybridized carbons (Fsp3) is 0.286. The first-order chi connectivity index (χ1) is 25.1. The molecule has 6 aromatic rings. The van der Waals surface area contributed by atoms with Crippen molar-refractivity contribution in [3.8, 4) is 0 Å². The van der Waals surface area contributed by atoms with Crippen molar-refractivity contribution >= 4 is 31.2 Å². The van der Waals surface area contributed by atoms with Gasteiger partial charge in [-0.15, -0.1) is 0 Å². The number of benzene rings is 4. The van der Waals surface area contributed by atoms with E-state index in [1.54, 1.807) is 18.5 Å². The highest BCUT2D eigenvalue weighted by Gasteiger charge is 2.46. The minimum atomic E-state index is -2.12. The van der Waals surface area contributed by atoms with Crippen LogP contribution < -0.4 is 10.6 Å². The summed E-state index contributed by atoms with van der Waals surface area (Å²) in [6.45, 7) is 11.7. The first-order valence-corrected chi connectivity index (χ1v) is 20.8. The van der Waals surface area contributed by atoms with E-state index in [-0.39, 0.29) is 23.1 Å². The molecule has 1 unspecified atom stereocenters. The predicted molar refractivity (Wildman–Crippen MR) is 208 cm³/mol. The van der Waals surface area contributed by atoms with Crippen molar-refractivity contribution in [1.29, 1.82) is 0 Å². The number of imidazole rings is 1. The van der Waals surface area contributed by atoms with E-state index < -0.39 is 20.1 Å². The maximum Gasteiger partial charge on any atom is 0.256 e. The van der Waals surface area contributed by atoms with Gasteiger partial charge in [0.15, 0.2) is 25.3 Å². The Labute approximate surface area is 306 Å². The summed E-state index contributed by atoms with van der Waals surface area (Å²) in [5.74, 6) is 0.0813. The lowest BCUT2D eigenvalue weighted by atomic mass is 9.76. The maximum absolute atomic E-state index is 13.1. The summed E-state index contributed by atoms with van der Waals surface area (Å²) in [4.78, 5) is 26.8. The summed E-state index contributed by atoms with van der Waals surface area (Å²) in [6.07, 6.45) is 3.08. The SMILES string of the molecule is CC(C)(C)[Si](C)(C)OC[C@H]1O[C@@H](n2cnc3c(NC(=O)c4ccccc4)ncnc32)CC1NC(c1ccccc1)(c1ccccc1)c1ccccc1. The third-order valence-electron chi connectivity index (χ3n) is 10.6. The standard InChI is InChI=1S/C42H46N6O3Si/c1-41(2,3)52(4,5)50-27-35-34(47-42(31-20-12-7-13-21-31,32-22-14-8-15-23-32)33-24-16-9-17-25-33)26-36(51-35)48-29-45-37-38(43-28-44-39(37)48)46-40(49)30-18-10-6-11-19-30/h6-25,28-29,34-36,47H,26-27H2,1-5H3,(H,43,44,46,49)/t34?,35-,36-/m1/s1. The summed E-state index contributed by atoms with van der Waals surface area (Å²) in [5.41, 5.74) is 4.28. The molecule has 2 N–H and O–H groups in total. The highest BCUT2D eigenvalue weighted by Crippen LogP contribution is 2.42. The second-order valence-corrected chi connectivity index (χ2v) is 19.7. The van der Waals surface area contributed by atoms with Gasteiger partial charge in [-0.25, -0.2) is 15.0 Å². The Hall–Kier alpha value is -5.00. The second kappa shape index (κ2) is 14.6.